The van der Waals surface area contributed by atoms with Crippen LogP contribution in [0.3, 0.4) is 0 Å². The lowest BCUT2D eigenvalue weighted by Gasteiger charge is -2.50. The Labute approximate surface area is 747 Å². The molecule has 20 aromatic carbocycles. The molecule has 0 aliphatic heterocycles. The monoisotopic (exact) mass is 1630 g/mol. The van der Waals surface area contributed by atoms with Crippen LogP contribution in [0.4, 0.5) is 28.4 Å². The summed E-state index contributed by atoms with van der Waals surface area (Å²) in [5, 5.41) is 4.31. The van der Waals surface area contributed by atoms with Crippen molar-refractivity contribution in [3.05, 3.63) is 591 Å². The van der Waals surface area contributed by atoms with Gasteiger partial charge in [-0.25, -0.2) is 0 Å². The van der Waals surface area contributed by atoms with E-state index in [1.165, 1.54) is 178 Å². The van der Waals surface area contributed by atoms with Gasteiger partial charge in [-0.05, 0) is 233 Å². The highest BCUT2D eigenvalue weighted by Gasteiger charge is 2.62. The molecule has 0 unspecified atom stereocenters. The summed E-state index contributed by atoms with van der Waals surface area (Å²) in [7, 11) is 0. The zero-order chi connectivity index (χ0) is 84.2. The maximum absolute atomic E-state index is 7.43. The standard InChI is InChI=1S/C62H41N.C38H23Cl.C24H19N/c1-3-19-42(20-4-1)44-37-39-46(40-38-44)63(47-24-17-23-45(41-47)43-21-5-2-6-22-43)59-36-18-35-58-60(59)62(54-31-13-9-27-50(54)51-28-10-14-32-55(51)62)57-34-16-15-33-56(57)61(58)52-29-11-7-25-48(52)49-26-8-12-30-53(49)61;39-35-23-11-22-34-36(35)38(30-18-7-3-14-26(30)27-15-4-8-19-31(27)38)33-21-10-9-20-32(33)37(34)28-16-5-1-12-24(28)25-13-2-6-17-29(25)37;1-3-8-19(9-4-1)21-14-16-23(17-15-21)25-24-13-7-12-22(18-24)20-10-5-2-6-11-20/h1-41H;1-23H;1-18,25H. The Balaban J connectivity index is 0.000000119. The quantitative estimate of drug-likeness (QED) is 0.155. The first-order valence-corrected chi connectivity index (χ1v) is 44.4. The molecule has 0 bridgehead atoms. The number of benzene rings is 20. The smallest absolute Gasteiger partial charge is 0.0740 e. The summed E-state index contributed by atoms with van der Waals surface area (Å²) < 4.78 is 0. The first kappa shape index (κ1) is 75.1. The van der Waals surface area contributed by atoms with Crippen LogP contribution >= 0.6 is 11.6 Å². The third kappa shape index (κ3) is 11.3. The number of hydrogen-bond acceptors (Lipinski definition) is 2. The largest absolute Gasteiger partial charge is 0.356 e. The second kappa shape index (κ2) is 30.4. The van der Waals surface area contributed by atoms with Crippen molar-refractivity contribution in [1.82, 2.24) is 0 Å². The Kier molecular flexibility index (Phi) is 17.9. The molecular formula is C124H83ClN2. The Morgan fingerprint density at radius 2 is 0.425 bits per heavy atom. The lowest BCUT2D eigenvalue weighted by molar-refractivity contribution is 0.633. The van der Waals surface area contributed by atoms with Crippen LogP contribution in [0.1, 0.15) is 89.0 Å². The van der Waals surface area contributed by atoms with Crippen LogP contribution in [0.25, 0.3) is 89.0 Å². The van der Waals surface area contributed by atoms with E-state index in [1.54, 1.807) is 0 Å². The van der Waals surface area contributed by atoms with E-state index in [0.29, 0.717) is 0 Å². The summed E-state index contributed by atoms with van der Waals surface area (Å²) in [6, 6.07) is 182. The van der Waals surface area contributed by atoms with E-state index < -0.39 is 21.7 Å². The molecule has 2 nitrogen and oxygen atoms in total. The van der Waals surface area contributed by atoms with Gasteiger partial charge in [-0.2, -0.15) is 0 Å². The van der Waals surface area contributed by atoms with Gasteiger partial charge in [0.15, 0.2) is 0 Å². The molecule has 6 aliphatic rings. The molecule has 0 atom stereocenters. The van der Waals surface area contributed by atoms with E-state index in [-0.39, 0.29) is 0 Å². The molecule has 26 rings (SSSR count). The number of nitrogens with one attached hydrogen (secondary N) is 1. The molecule has 1 N–H and O–H groups in total. The van der Waals surface area contributed by atoms with Crippen LogP contribution in [0, 0.1) is 0 Å². The molecule has 3 heteroatoms. The van der Waals surface area contributed by atoms with E-state index in [1.807, 2.05) is 12.1 Å². The van der Waals surface area contributed by atoms with E-state index >= 15 is 0 Å². The van der Waals surface area contributed by atoms with Gasteiger partial charge in [0.1, 0.15) is 0 Å². The second-order valence-corrected chi connectivity index (χ2v) is 34.4. The first-order chi connectivity index (χ1) is 62.9. The van der Waals surface area contributed by atoms with E-state index in [2.05, 4.69) is 496 Å². The average Bonchev–Trinajstić information content (AvgIpc) is 1.52. The minimum Gasteiger partial charge on any atom is -0.356 e. The van der Waals surface area contributed by atoms with Gasteiger partial charge in [0, 0.05) is 33.3 Å². The Bertz CT molecular complexity index is 7500. The third-order valence-electron chi connectivity index (χ3n) is 27.8. The van der Waals surface area contributed by atoms with Crippen molar-refractivity contribution in [2.45, 2.75) is 21.7 Å². The number of halogens is 1. The molecule has 127 heavy (non-hydrogen) atoms. The van der Waals surface area contributed by atoms with Crippen LogP contribution in [-0.4, -0.2) is 0 Å². The molecule has 4 spiro atoms. The van der Waals surface area contributed by atoms with Crippen LogP contribution in [0.15, 0.2) is 497 Å². The lowest BCUT2D eigenvalue weighted by Crippen LogP contribution is -2.44. The predicted octanol–water partition coefficient (Wildman–Crippen LogP) is 31.7. The zero-order valence-electron chi connectivity index (χ0n) is 69.7. The number of hydrogen-bond donors (Lipinski definition) is 1. The van der Waals surface area contributed by atoms with Gasteiger partial charge in [-0.3, -0.25) is 0 Å². The molecule has 6 aliphatic carbocycles. The number of rotatable bonds is 9. The summed E-state index contributed by atoms with van der Waals surface area (Å²) in [6.07, 6.45) is 0. The molecule has 0 saturated heterocycles. The maximum atomic E-state index is 7.43. The molecular weight excluding hydrogens is 1550 g/mol. The fraction of sp³-hybridized carbons (Fsp3) is 0.0323. The minimum absolute atomic E-state index is 0.457. The molecule has 0 radical (unpaired) electrons. The van der Waals surface area contributed by atoms with E-state index in [9.17, 15) is 0 Å². The van der Waals surface area contributed by atoms with E-state index in [0.717, 1.165) is 33.5 Å². The molecule has 0 saturated carbocycles. The van der Waals surface area contributed by atoms with Gasteiger partial charge in [0.05, 0.1) is 27.3 Å². The van der Waals surface area contributed by atoms with Crippen molar-refractivity contribution in [1.29, 1.82) is 0 Å². The minimum atomic E-state index is -0.646. The van der Waals surface area contributed by atoms with E-state index in [4.69, 9.17) is 11.6 Å². The molecule has 596 valence electrons. The zero-order valence-corrected chi connectivity index (χ0v) is 70.4. The number of fused-ring (bicyclic) bond motifs is 32. The Morgan fingerprint density at radius 1 is 0.165 bits per heavy atom. The van der Waals surface area contributed by atoms with Gasteiger partial charge in [-0.15, -0.1) is 0 Å². The van der Waals surface area contributed by atoms with Crippen LogP contribution < -0.4 is 10.2 Å². The van der Waals surface area contributed by atoms with Crippen molar-refractivity contribution in [3.8, 4) is 89.0 Å². The fourth-order valence-corrected chi connectivity index (χ4v) is 23.3. The highest BCUT2D eigenvalue weighted by Crippen LogP contribution is 2.71. The van der Waals surface area contributed by atoms with Gasteiger partial charge >= 0.3 is 0 Å². The van der Waals surface area contributed by atoms with Crippen molar-refractivity contribution in [2.75, 3.05) is 10.2 Å². The average molecular weight is 1640 g/mol. The van der Waals surface area contributed by atoms with Crippen LogP contribution in [0.2, 0.25) is 5.02 Å². The molecule has 0 aromatic heterocycles. The fourth-order valence-electron chi connectivity index (χ4n) is 23.0. The highest BCUT2D eigenvalue weighted by atomic mass is 35.5. The van der Waals surface area contributed by atoms with Gasteiger partial charge in [-0.1, -0.05) is 448 Å². The molecule has 0 fully saturated rings. The number of nitrogens with zero attached hydrogens (tertiary/aromatic N) is 1. The van der Waals surface area contributed by atoms with Gasteiger partial charge in [0.25, 0.3) is 0 Å². The van der Waals surface area contributed by atoms with Crippen molar-refractivity contribution >= 4 is 40.0 Å². The molecule has 20 aromatic rings. The Morgan fingerprint density at radius 3 is 0.811 bits per heavy atom. The van der Waals surface area contributed by atoms with Crippen LogP contribution in [-0.2, 0) is 21.7 Å². The predicted molar refractivity (Wildman–Crippen MR) is 527 cm³/mol. The summed E-state index contributed by atoms with van der Waals surface area (Å²) >= 11 is 7.43. The normalized spacial score (nSPS) is 13.8. The van der Waals surface area contributed by atoms with Crippen molar-refractivity contribution in [3.63, 3.8) is 0 Å². The van der Waals surface area contributed by atoms with Gasteiger partial charge < -0.3 is 10.2 Å². The highest BCUT2D eigenvalue weighted by molar-refractivity contribution is 6.32. The SMILES string of the molecule is Clc1cccc2c1C1(c3ccccc3-c3ccccc31)c1ccccc1C21c2ccccc2-c2ccccc21.c1ccc(-c2ccc(N(c3cccc(-c4ccccc4)c3)c3cccc4c3C3(c5ccccc5-c5ccccc53)c3ccccc3C43c4ccccc4-c4ccccc43)cc2)cc1.c1ccc(-c2ccc(Nc3cccc(-c4ccccc4)c3)cc2)cc1. The number of anilines is 5. The molecule has 0 heterocycles. The van der Waals surface area contributed by atoms with Gasteiger partial charge in [0.2, 0.25) is 0 Å². The summed E-state index contributed by atoms with van der Waals surface area (Å²) in [5.74, 6) is 0. The Hall–Kier alpha value is -15.7. The first-order valence-electron chi connectivity index (χ1n) is 44.0. The summed E-state index contributed by atoms with van der Waals surface area (Å²) in [4.78, 5) is 2.54. The molecule has 0 amide bonds. The van der Waals surface area contributed by atoms with Crippen molar-refractivity contribution < 1.29 is 0 Å². The third-order valence-corrected chi connectivity index (χ3v) is 28.1. The lowest BCUT2D eigenvalue weighted by atomic mass is 9.52. The van der Waals surface area contributed by atoms with Crippen molar-refractivity contribution in [2.24, 2.45) is 0 Å². The second-order valence-electron chi connectivity index (χ2n) is 34.0. The summed E-state index contributed by atoms with van der Waals surface area (Å²) in [5.41, 5.74) is 44.4. The van der Waals surface area contributed by atoms with Crippen LogP contribution in [0.5, 0.6) is 0 Å². The summed E-state index contributed by atoms with van der Waals surface area (Å²) in [6.45, 7) is 0. The topological polar surface area (TPSA) is 15.3 Å². The maximum Gasteiger partial charge on any atom is 0.0740 e.